The standard InChI is InChI=1S/C44H48FN7O7S/c1-28-10-14-35(49-42(57)44(18-19-44)31-11-13-33-34(26-31)59-43(2,45)58-33)48-40(28)29-7-5-8-30(25-29)41(56)47-21-17-36(53)46-20-16-32-12-15-39(60-32)52-24-23-51(27-38(52)55)37(54)9-6-22-50(3)4/h5-15,25-26H,16-24,27H2,1-4H3,(H,46,53)(H,47,56)(H,48,49,57)/b9-6+. The van der Waals surface area contributed by atoms with Crippen LogP contribution >= 0.6 is 11.3 Å². The second-order valence-corrected chi connectivity index (χ2v) is 16.6. The lowest BCUT2D eigenvalue weighted by Gasteiger charge is -2.33. The topological polar surface area (TPSA) is 163 Å². The van der Waals surface area contributed by atoms with Crippen molar-refractivity contribution >= 4 is 51.7 Å². The number of benzene rings is 2. The summed E-state index contributed by atoms with van der Waals surface area (Å²) in [6, 6.07) is 17.2. The quantitative estimate of drug-likeness (QED) is 0.140. The van der Waals surface area contributed by atoms with Gasteiger partial charge < -0.3 is 40.1 Å². The molecule has 1 saturated heterocycles. The molecule has 16 heteroatoms. The molecule has 314 valence electrons. The number of halogens is 1. The molecule has 3 aliphatic rings. The number of carbonyl (C=O) groups is 5. The third-order valence-corrected chi connectivity index (χ3v) is 11.7. The third kappa shape index (κ3) is 9.83. The summed E-state index contributed by atoms with van der Waals surface area (Å²) in [6.07, 6.45) is 5.20. The highest BCUT2D eigenvalue weighted by atomic mass is 32.1. The Balaban J connectivity index is 0.857. The van der Waals surface area contributed by atoms with Crippen LogP contribution in [0.15, 0.2) is 78.9 Å². The summed E-state index contributed by atoms with van der Waals surface area (Å²) in [6.45, 7) is 5.14. The summed E-state index contributed by atoms with van der Waals surface area (Å²) in [5.41, 5.74) is 2.43. The maximum Gasteiger partial charge on any atom is 0.404 e. The molecule has 5 amide bonds. The number of hydrogen-bond donors (Lipinski definition) is 3. The van der Waals surface area contributed by atoms with Gasteiger partial charge in [0.2, 0.25) is 23.6 Å². The highest BCUT2D eigenvalue weighted by Crippen LogP contribution is 2.52. The number of thiophene rings is 1. The van der Waals surface area contributed by atoms with Crippen LogP contribution in [0, 0.1) is 6.92 Å². The summed E-state index contributed by atoms with van der Waals surface area (Å²) < 4.78 is 24.7. The molecular weight excluding hydrogens is 790 g/mol. The van der Waals surface area contributed by atoms with Crippen LogP contribution in [0.2, 0.25) is 0 Å². The molecule has 2 fully saturated rings. The number of nitrogens with one attached hydrogen (secondary N) is 3. The van der Waals surface area contributed by atoms with Gasteiger partial charge in [-0.3, -0.25) is 24.0 Å². The molecule has 2 aliphatic heterocycles. The zero-order chi connectivity index (χ0) is 42.6. The Bertz CT molecular complexity index is 2340. The minimum Gasteiger partial charge on any atom is -0.423 e. The van der Waals surface area contributed by atoms with E-state index in [-0.39, 0.29) is 60.5 Å². The van der Waals surface area contributed by atoms with E-state index in [0.717, 1.165) is 15.4 Å². The van der Waals surface area contributed by atoms with E-state index in [2.05, 4.69) is 16.0 Å². The molecule has 4 aromatic rings. The van der Waals surface area contributed by atoms with E-state index >= 15 is 0 Å². The molecular formula is C44H48FN7O7S. The molecule has 1 unspecified atom stereocenters. The number of carbonyl (C=O) groups excluding carboxylic acids is 5. The van der Waals surface area contributed by atoms with Crippen LogP contribution in [0.25, 0.3) is 11.3 Å². The molecule has 0 spiro atoms. The first-order valence-electron chi connectivity index (χ1n) is 19.8. The number of hydrogen-bond acceptors (Lipinski definition) is 10. The Morgan fingerprint density at radius 2 is 1.77 bits per heavy atom. The average molecular weight is 838 g/mol. The van der Waals surface area contributed by atoms with Gasteiger partial charge in [0.1, 0.15) is 12.4 Å². The van der Waals surface area contributed by atoms with Gasteiger partial charge in [-0.25, -0.2) is 4.98 Å². The fourth-order valence-electron chi connectivity index (χ4n) is 7.10. The number of likely N-dealkylation sites (N-methyl/N-ethyl adjacent to an activating group) is 1. The second-order valence-electron chi connectivity index (χ2n) is 15.5. The molecule has 2 aromatic carbocycles. The van der Waals surface area contributed by atoms with Gasteiger partial charge in [-0.1, -0.05) is 30.3 Å². The Morgan fingerprint density at radius 3 is 2.53 bits per heavy atom. The van der Waals surface area contributed by atoms with Gasteiger partial charge in [0.25, 0.3) is 5.91 Å². The number of ether oxygens (including phenoxy) is 2. The molecule has 1 saturated carbocycles. The monoisotopic (exact) mass is 837 g/mol. The number of piperazine rings is 1. The molecule has 7 rings (SSSR count). The number of aromatic nitrogens is 1. The van der Waals surface area contributed by atoms with Crippen molar-refractivity contribution in [3.63, 3.8) is 0 Å². The van der Waals surface area contributed by atoms with Gasteiger partial charge in [0, 0.05) is 68.1 Å². The van der Waals surface area contributed by atoms with Crippen molar-refractivity contribution < 1.29 is 37.8 Å². The van der Waals surface area contributed by atoms with Crippen molar-refractivity contribution in [1.29, 1.82) is 0 Å². The molecule has 4 heterocycles. The molecule has 1 aliphatic carbocycles. The van der Waals surface area contributed by atoms with E-state index in [1.165, 1.54) is 24.3 Å². The van der Waals surface area contributed by atoms with Gasteiger partial charge in [0.15, 0.2) is 11.5 Å². The summed E-state index contributed by atoms with van der Waals surface area (Å²) in [7, 11) is 3.83. The van der Waals surface area contributed by atoms with Crippen LogP contribution in [0.3, 0.4) is 0 Å². The molecule has 0 bridgehead atoms. The number of rotatable bonds is 15. The zero-order valence-corrected chi connectivity index (χ0v) is 34.8. The Morgan fingerprint density at radius 1 is 0.967 bits per heavy atom. The van der Waals surface area contributed by atoms with Crippen molar-refractivity contribution in [1.82, 2.24) is 25.4 Å². The maximum absolute atomic E-state index is 14.3. The maximum atomic E-state index is 14.3. The first kappa shape index (κ1) is 42.0. The van der Waals surface area contributed by atoms with Crippen molar-refractivity contribution in [2.75, 3.05) is 63.6 Å². The fourth-order valence-corrected chi connectivity index (χ4v) is 8.15. The number of nitrogens with zero attached hydrogens (tertiary/aromatic N) is 4. The summed E-state index contributed by atoms with van der Waals surface area (Å²) in [5.74, 6) is -0.195. The number of amides is 5. The highest BCUT2D eigenvalue weighted by Gasteiger charge is 2.52. The first-order valence-corrected chi connectivity index (χ1v) is 20.7. The van der Waals surface area contributed by atoms with E-state index in [4.69, 9.17) is 14.5 Å². The minimum atomic E-state index is -2.26. The molecule has 60 heavy (non-hydrogen) atoms. The summed E-state index contributed by atoms with van der Waals surface area (Å²) >= 11 is 1.48. The number of alkyl halides is 1. The normalized spacial score (nSPS) is 17.9. The van der Waals surface area contributed by atoms with Crippen molar-refractivity contribution in [3.8, 4) is 22.8 Å². The minimum absolute atomic E-state index is 0.0278. The average Bonchev–Trinajstić information content (AvgIpc) is 3.79. The lowest BCUT2D eigenvalue weighted by Crippen LogP contribution is -2.51. The fraction of sp³-hybridized carbons (Fsp3) is 0.364. The van der Waals surface area contributed by atoms with E-state index < -0.39 is 11.5 Å². The van der Waals surface area contributed by atoms with Crippen molar-refractivity contribution in [2.24, 2.45) is 0 Å². The lowest BCUT2D eigenvalue weighted by atomic mass is 9.94. The van der Waals surface area contributed by atoms with Crippen LogP contribution in [0.5, 0.6) is 11.5 Å². The highest BCUT2D eigenvalue weighted by molar-refractivity contribution is 7.16. The van der Waals surface area contributed by atoms with Gasteiger partial charge in [0.05, 0.1) is 16.1 Å². The number of aryl methyl sites for hydroxylation is 1. The Kier molecular flexibility index (Phi) is 12.3. The zero-order valence-electron chi connectivity index (χ0n) is 34.0. The SMILES string of the molecule is Cc1ccc(NC(=O)C2(c3ccc4c(c3)OC(C)(F)O4)CC2)nc1-c1cccc(C(=O)NCCC(=O)NCCc2ccc(N3CCN(C(=O)/C=C/CN(C)C)CC3=O)s2)c1. The van der Waals surface area contributed by atoms with Gasteiger partial charge in [-0.05, 0) is 93.9 Å². The van der Waals surface area contributed by atoms with Crippen LogP contribution < -0.4 is 30.3 Å². The lowest BCUT2D eigenvalue weighted by molar-refractivity contribution is -0.173. The molecule has 14 nitrogen and oxygen atoms in total. The van der Waals surface area contributed by atoms with Crippen LogP contribution in [0.1, 0.15) is 52.5 Å². The molecule has 2 aromatic heterocycles. The molecule has 3 N–H and O–H groups in total. The van der Waals surface area contributed by atoms with E-state index in [9.17, 15) is 28.4 Å². The second kappa shape index (κ2) is 17.6. The predicted octanol–water partition coefficient (Wildman–Crippen LogP) is 4.98. The van der Waals surface area contributed by atoms with Gasteiger partial charge in [-0.15, -0.1) is 11.3 Å². The van der Waals surface area contributed by atoms with Crippen LogP contribution in [-0.4, -0.2) is 104 Å². The molecule has 0 radical (unpaired) electrons. The number of anilines is 2. The predicted molar refractivity (Wildman–Crippen MR) is 226 cm³/mol. The van der Waals surface area contributed by atoms with Crippen molar-refractivity contribution in [2.45, 2.75) is 51.0 Å². The van der Waals surface area contributed by atoms with Crippen LogP contribution in [-0.2, 0) is 31.0 Å². The molecule has 1 atom stereocenters. The Labute approximate surface area is 351 Å². The number of pyridine rings is 1. The van der Waals surface area contributed by atoms with Gasteiger partial charge >= 0.3 is 6.04 Å². The Hall–Kier alpha value is -6.13. The first-order chi connectivity index (χ1) is 28.7. The third-order valence-electron chi connectivity index (χ3n) is 10.5. The van der Waals surface area contributed by atoms with Crippen LogP contribution in [0.4, 0.5) is 15.2 Å². The summed E-state index contributed by atoms with van der Waals surface area (Å²) in [4.78, 5) is 75.6. The van der Waals surface area contributed by atoms with Crippen molar-refractivity contribution in [3.05, 3.63) is 100 Å². The van der Waals surface area contributed by atoms with E-state index in [1.54, 1.807) is 58.3 Å². The number of fused-ring (bicyclic) bond motifs is 1. The van der Waals surface area contributed by atoms with E-state index in [0.29, 0.717) is 73.6 Å². The summed E-state index contributed by atoms with van der Waals surface area (Å²) in [5, 5.41) is 9.47. The largest absolute Gasteiger partial charge is 0.423 e. The van der Waals surface area contributed by atoms with Gasteiger partial charge in [-0.2, -0.15) is 4.39 Å². The smallest absolute Gasteiger partial charge is 0.404 e. The van der Waals surface area contributed by atoms with E-state index in [1.807, 2.05) is 50.2 Å².